The molecular weight excluding hydrogens is 388 g/mol. The Morgan fingerprint density at radius 2 is 1.74 bits per heavy atom. The van der Waals surface area contributed by atoms with Gasteiger partial charge in [0.25, 0.3) is 0 Å². The molecule has 0 unspecified atom stereocenters. The second kappa shape index (κ2) is 10.2. The zero-order valence-electron chi connectivity index (χ0n) is 17.1. The van der Waals surface area contributed by atoms with Gasteiger partial charge in [0.2, 0.25) is 5.91 Å². The molecule has 2 aromatic carbocycles. The standard InChI is InChI=1S/C24H24N6O/c31-22(12-11-19-7-3-1-4-8-19)25-15-16-30-24-21(17-29-30)23(27-18-28-24)26-14-13-20-9-5-2-6-10-20/h1-12,17-18H,13-16H2,(H,25,31)(H,26,27,28). The molecule has 0 aliphatic carbocycles. The first-order valence-corrected chi connectivity index (χ1v) is 10.2. The van der Waals surface area contributed by atoms with Gasteiger partial charge in [-0.1, -0.05) is 60.7 Å². The Bertz CT molecular complexity index is 1150. The lowest BCUT2D eigenvalue weighted by molar-refractivity contribution is -0.116. The Morgan fingerprint density at radius 3 is 2.55 bits per heavy atom. The maximum Gasteiger partial charge on any atom is 0.244 e. The van der Waals surface area contributed by atoms with Crippen LogP contribution >= 0.6 is 0 Å². The molecule has 4 aromatic rings. The number of hydrogen-bond acceptors (Lipinski definition) is 5. The van der Waals surface area contributed by atoms with E-state index < -0.39 is 0 Å². The van der Waals surface area contributed by atoms with Gasteiger partial charge in [0.1, 0.15) is 12.1 Å². The average Bonchev–Trinajstić information content (AvgIpc) is 3.23. The van der Waals surface area contributed by atoms with Crippen molar-refractivity contribution in [1.82, 2.24) is 25.1 Å². The summed E-state index contributed by atoms with van der Waals surface area (Å²) < 4.78 is 1.78. The summed E-state index contributed by atoms with van der Waals surface area (Å²) in [6.45, 7) is 1.75. The minimum atomic E-state index is -0.141. The Balaban J connectivity index is 1.31. The van der Waals surface area contributed by atoms with E-state index in [1.54, 1.807) is 17.0 Å². The molecule has 0 aliphatic heterocycles. The van der Waals surface area contributed by atoms with Crippen LogP contribution in [0.2, 0.25) is 0 Å². The van der Waals surface area contributed by atoms with E-state index in [0.29, 0.717) is 13.1 Å². The number of benzene rings is 2. The Kier molecular flexibility index (Phi) is 6.64. The summed E-state index contributed by atoms with van der Waals surface area (Å²) in [5.41, 5.74) is 3.00. The van der Waals surface area contributed by atoms with Crippen LogP contribution in [0.25, 0.3) is 17.1 Å². The topological polar surface area (TPSA) is 84.7 Å². The van der Waals surface area contributed by atoms with Crippen LogP contribution in [-0.4, -0.2) is 38.7 Å². The number of hydrogen-bond donors (Lipinski definition) is 2. The van der Waals surface area contributed by atoms with Crippen molar-refractivity contribution in [1.29, 1.82) is 0 Å². The molecule has 0 spiro atoms. The molecular formula is C24H24N6O. The minimum Gasteiger partial charge on any atom is -0.369 e. The minimum absolute atomic E-state index is 0.141. The first-order valence-electron chi connectivity index (χ1n) is 10.2. The van der Waals surface area contributed by atoms with Gasteiger partial charge in [-0.25, -0.2) is 14.6 Å². The molecule has 2 heterocycles. The van der Waals surface area contributed by atoms with Gasteiger partial charge >= 0.3 is 0 Å². The highest BCUT2D eigenvalue weighted by molar-refractivity contribution is 5.91. The monoisotopic (exact) mass is 412 g/mol. The summed E-state index contributed by atoms with van der Waals surface area (Å²) in [6.07, 6.45) is 7.53. The number of nitrogens with one attached hydrogen (secondary N) is 2. The van der Waals surface area contributed by atoms with E-state index in [4.69, 9.17) is 0 Å². The van der Waals surface area contributed by atoms with Crippen molar-refractivity contribution in [3.05, 3.63) is 90.4 Å². The van der Waals surface area contributed by atoms with Gasteiger partial charge in [0, 0.05) is 19.2 Å². The Morgan fingerprint density at radius 1 is 0.968 bits per heavy atom. The summed E-state index contributed by atoms with van der Waals surface area (Å²) in [5, 5.41) is 11.5. The van der Waals surface area contributed by atoms with E-state index in [9.17, 15) is 4.79 Å². The molecule has 2 aromatic heterocycles. The highest BCUT2D eigenvalue weighted by Crippen LogP contribution is 2.18. The van der Waals surface area contributed by atoms with Crippen LogP contribution in [0, 0.1) is 0 Å². The summed E-state index contributed by atoms with van der Waals surface area (Å²) in [7, 11) is 0. The third-order valence-corrected chi connectivity index (χ3v) is 4.83. The highest BCUT2D eigenvalue weighted by Gasteiger charge is 2.09. The quantitative estimate of drug-likeness (QED) is 0.412. The van der Waals surface area contributed by atoms with Crippen molar-refractivity contribution in [2.75, 3.05) is 18.4 Å². The molecule has 0 bridgehead atoms. The molecule has 0 saturated carbocycles. The van der Waals surface area contributed by atoms with E-state index in [1.807, 2.05) is 48.5 Å². The number of carbonyl (C=O) groups is 1. The smallest absolute Gasteiger partial charge is 0.244 e. The number of amides is 1. The van der Waals surface area contributed by atoms with Gasteiger partial charge < -0.3 is 10.6 Å². The van der Waals surface area contributed by atoms with Crippen LogP contribution in [0.5, 0.6) is 0 Å². The van der Waals surface area contributed by atoms with Gasteiger partial charge in [-0.2, -0.15) is 5.10 Å². The molecule has 1 amide bonds. The molecule has 7 heteroatoms. The van der Waals surface area contributed by atoms with Gasteiger partial charge in [-0.15, -0.1) is 0 Å². The van der Waals surface area contributed by atoms with Crippen LogP contribution in [0.15, 0.2) is 79.3 Å². The van der Waals surface area contributed by atoms with Gasteiger partial charge in [-0.05, 0) is 23.6 Å². The van der Waals surface area contributed by atoms with Crippen LogP contribution in [0.1, 0.15) is 11.1 Å². The largest absolute Gasteiger partial charge is 0.369 e. The summed E-state index contributed by atoms with van der Waals surface area (Å²) in [5.74, 6) is 0.625. The van der Waals surface area contributed by atoms with Crippen LogP contribution < -0.4 is 10.6 Å². The van der Waals surface area contributed by atoms with Crippen molar-refractivity contribution in [3.63, 3.8) is 0 Å². The van der Waals surface area contributed by atoms with E-state index in [2.05, 4.69) is 37.8 Å². The molecule has 0 saturated heterocycles. The van der Waals surface area contributed by atoms with Crippen molar-refractivity contribution in [3.8, 4) is 0 Å². The predicted octanol–water partition coefficient (Wildman–Crippen LogP) is 3.31. The van der Waals surface area contributed by atoms with Crippen molar-refractivity contribution >= 4 is 28.8 Å². The van der Waals surface area contributed by atoms with Crippen LogP contribution in [0.3, 0.4) is 0 Å². The molecule has 156 valence electrons. The highest BCUT2D eigenvalue weighted by atomic mass is 16.1. The first kappa shape index (κ1) is 20.3. The van der Waals surface area contributed by atoms with Crippen molar-refractivity contribution < 1.29 is 4.79 Å². The fourth-order valence-corrected chi connectivity index (χ4v) is 3.25. The third kappa shape index (κ3) is 5.54. The zero-order valence-corrected chi connectivity index (χ0v) is 17.1. The van der Waals surface area contributed by atoms with Gasteiger partial charge in [0.15, 0.2) is 5.65 Å². The van der Waals surface area contributed by atoms with Gasteiger partial charge in [0.05, 0.1) is 18.1 Å². The molecule has 2 N–H and O–H groups in total. The zero-order chi connectivity index (χ0) is 21.3. The molecule has 0 aliphatic rings. The molecule has 7 nitrogen and oxygen atoms in total. The fourth-order valence-electron chi connectivity index (χ4n) is 3.25. The number of nitrogens with zero attached hydrogens (tertiary/aromatic N) is 4. The second-order valence-electron chi connectivity index (χ2n) is 7.02. The fraction of sp³-hybridized carbons (Fsp3) is 0.167. The number of anilines is 1. The number of fused-ring (bicyclic) bond motifs is 1. The number of carbonyl (C=O) groups excluding carboxylic acids is 1. The summed E-state index contributed by atoms with van der Waals surface area (Å²) in [6, 6.07) is 20.0. The third-order valence-electron chi connectivity index (χ3n) is 4.83. The van der Waals surface area contributed by atoms with Crippen molar-refractivity contribution in [2.45, 2.75) is 13.0 Å². The average molecular weight is 412 g/mol. The predicted molar refractivity (Wildman–Crippen MR) is 122 cm³/mol. The number of rotatable bonds is 9. The summed E-state index contributed by atoms with van der Waals surface area (Å²) >= 11 is 0. The van der Waals surface area contributed by atoms with E-state index in [1.165, 1.54) is 18.0 Å². The molecule has 31 heavy (non-hydrogen) atoms. The lowest BCUT2D eigenvalue weighted by Gasteiger charge is -2.07. The van der Waals surface area contributed by atoms with E-state index in [-0.39, 0.29) is 5.91 Å². The second-order valence-corrected chi connectivity index (χ2v) is 7.02. The SMILES string of the molecule is O=C(C=Cc1ccccc1)NCCn1ncc2c(NCCc3ccccc3)ncnc21. The lowest BCUT2D eigenvalue weighted by Crippen LogP contribution is -2.25. The van der Waals surface area contributed by atoms with Crippen LogP contribution in [0.4, 0.5) is 5.82 Å². The van der Waals surface area contributed by atoms with E-state index in [0.717, 1.165) is 35.4 Å². The maximum absolute atomic E-state index is 12.0. The lowest BCUT2D eigenvalue weighted by atomic mass is 10.1. The Labute approximate surface area is 180 Å². The molecule has 0 radical (unpaired) electrons. The van der Waals surface area contributed by atoms with E-state index >= 15 is 0 Å². The Hall–Kier alpha value is -4.00. The summed E-state index contributed by atoms with van der Waals surface area (Å²) in [4.78, 5) is 20.8. The molecule has 0 fully saturated rings. The normalized spacial score (nSPS) is 11.1. The maximum atomic E-state index is 12.0. The van der Waals surface area contributed by atoms with Gasteiger partial charge in [-0.3, -0.25) is 4.79 Å². The number of aromatic nitrogens is 4. The molecule has 4 rings (SSSR count). The first-order chi connectivity index (χ1) is 15.3. The molecule has 0 atom stereocenters. The van der Waals surface area contributed by atoms with Crippen molar-refractivity contribution in [2.24, 2.45) is 0 Å². The van der Waals surface area contributed by atoms with Crippen LogP contribution in [-0.2, 0) is 17.8 Å².